The average Bonchev–Trinajstić information content (AvgIpc) is 3.41. The minimum Gasteiger partial charge on any atom is -0.503 e. The Bertz CT molecular complexity index is 935. The molecule has 0 aliphatic carbocycles. The summed E-state index contributed by atoms with van der Waals surface area (Å²) in [5, 5.41) is 12.6. The van der Waals surface area contributed by atoms with Gasteiger partial charge in [0.1, 0.15) is 5.75 Å². The third-order valence-corrected chi connectivity index (χ3v) is 6.36. The first-order valence-electron chi connectivity index (χ1n) is 10.8. The summed E-state index contributed by atoms with van der Waals surface area (Å²) in [6.07, 6.45) is 0.880. The fraction of sp³-hybridized carbons (Fsp3) is 0.417. The summed E-state index contributed by atoms with van der Waals surface area (Å²) in [7, 11) is 0. The Kier molecular flexibility index (Phi) is 7.87. The molecule has 166 valence electrons. The van der Waals surface area contributed by atoms with Crippen LogP contribution >= 0.6 is 11.3 Å². The maximum Gasteiger partial charge on any atom is 0.290 e. The van der Waals surface area contributed by atoms with E-state index in [1.807, 2.05) is 36.6 Å². The highest BCUT2D eigenvalue weighted by Crippen LogP contribution is 2.40. The van der Waals surface area contributed by atoms with Gasteiger partial charge >= 0.3 is 0 Å². The highest BCUT2D eigenvalue weighted by Gasteiger charge is 2.44. The van der Waals surface area contributed by atoms with E-state index in [4.69, 9.17) is 4.74 Å². The Hall–Kier alpha value is -2.64. The molecule has 0 unspecified atom stereocenters. The molecule has 31 heavy (non-hydrogen) atoms. The van der Waals surface area contributed by atoms with Crippen LogP contribution < -0.4 is 4.74 Å². The number of Topliss-reactive ketones (excluding diaryl/α,β-unsaturated/α-hetero) is 1. The van der Waals surface area contributed by atoms with Crippen LogP contribution in [0.2, 0.25) is 0 Å². The van der Waals surface area contributed by atoms with Crippen LogP contribution in [0.15, 0.2) is 53.1 Å². The first-order valence-corrected chi connectivity index (χ1v) is 11.7. The zero-order valence-corrected chi connectivity index (χ0v) is 19.2. The van der Waals surface area contributed by atoms with Crippen molar-refractivity contribution in [3.8, 4) is 5.75 Å². The molecule has 6 nitrogen and oxygen atoms in total. The van der Waals surface area contributed by atoms with Gasteiger partial charge in [0.2, 0.25) is 5.78 Å². The third-order valence-electron chi connectivity index (χ3n) is 5.49. The molecule has 1 aliphatic heterocycles. The van der Waals surface area contributed by atoms with Crippen LogP contribution in [0.1, 0.15) is 48.5 Å². The molecule has 1 amide bonds. The Balaban J connectivity index is 2.00. The quantitative estimate of drug-likeness (QED) is 0.521. The van der Waals surface area contributed by atoms with Crippen LogP contribution in [0.3, 0.4) is 0 Å². The van der Waals surface area contributed by atoms with Crippen molar-refractivity contribution in [2.24, 2.45) is 0 Å². The number of carbonyl (C=O) groups is 2. The van der Waals surface area contributed by atoms with Crippen LogP contribution in [-0.4, -0.2) is 59.4 Å². The van der Waals surface area contributed by atoms with E-state index in [0.717, 1.165) is 25.1 Å². The van der Waals surface area contributed by atoms with E-state index >= 15 is 0 Å². The van der Waals surface area contributed by atoms with Crippen LogP contribution in [0.5, 0.6) is 5.75 Å². The number of hydrogen-bond acceptors (Lipinski definition) is 6. The molecule has 3 rings (SSSR count). The summed E-state index contributed by atoms with van der Waals surface area (Å²) < 4.78 is 5.77. The lowest BCUT2D eigenvalue weighted by molar-refractivity contribution is -0.129. The second-order valence-electron chi connectivity index (χ2n) is 7.42. The molecule has 7 heteroatoms. The normalized spacial score (nSPS) is 16.5. The SMILES string of the molecule is CCCOc1cccc([C@H]2C(C(=O)c3cccs3)=C(O)C(=O)N2CCN(CC)CC)c1. The summed E-state index contributed by atoms with van der Waals surface area (Å²) in [5.41, 5.74) is 0.894. The van der Waals surface area contributed by atoms with E-state index in [9.17, 15) is 14.7 Å². The van der Waals surface area contributed by atoms with Crippen molar-refractivity contribution in [2.45, 2.75) is 33.2 Å². The number of amides is 1. The fourth-order valence-corrected chi connectivity index (χ4v) is 4.46. The van der Waals surface area contributed by atoms with Crippen LogP contribution in [-0.2, 0) is 4.79 Å². The number of hydrogen-bond donors (Lipinski definition) is 1. The second kappa shape index (κ2) is 10.6. The largest absolute Gasteiger partial charge is 0.503 e. The average molecular weight is 443 g/mol. The number of benzene rings is 1. The standard InChI is InChI=1S/C24H30N2O4S/c1-4-14-30-18-10-7-9-17(16-18)21-20(22(27)19-11-8-15-31-19)23(28)24(29)26(21)13-12-25(5-2)6-3/h7-11,15-16,21,28H,4-6,12-14H2,1-3H3/t21-/m0/s1. The van der Waals surface area contributed by atoms with E-state index in [-0.39, 0.29) is 11.4 Å². The van der Waals surface area contributed by atoms with Crippen molar-refractivity contribution in [1.29, 1.82) is 0 Å². The number of ketones is 1. The number of ether oxygens (including phenoxy) is 1. The smallest absolute Gasteiger partial charge is 0.290 e. The highest BCUT2D eigenvalue weighted by molar-refractivity contribution is 7.12. The molecule has 0 fully saturated rings. The molecule has 0 spiro atoms. The molecular weight excluding hydrogens is 412 g/mol. The lowest BCUT2D eigenvalue weighted by atomic mass is 9.95. The van der Waals surface area contributed by atoms with Gasteiger partial charge in [0.05, 0.1) is 23.1 Å². The van der Waals surface area contributed by atoms with Gasteiger partial charge in [-0.05, 0) is 48.7 Å². The summed E-state index contributed by atoms with van der Waals surface area (Å²) in [5.74, 6) is -0.583. The first kappa shape index (κ1) is 23.0. The number of likely N-dealkylation sites (N-methyl/N-ethyl adjacent to an activating group) is 1. The monoisotopic (exact) mass is 442 g/mol. The van der Waals surface area contributed by atoms with E-state index in [0.29, 0.717) is 30.3 Å². The molecule has 0 saturated carbocycles. The molecule has 1 N–H and O–H groups in total. The molecule has 1 aromatic carbocycles. The first-order chi connectivity index (χ1) is 15.0. The number of aliphatic hydroxyl groups is 1. The topological polar surface area (TPSA) is 70.1 Å². The molecule has 0 saturated heterocycles. The van der Waals surface area contributed by atoms with Crippen molar-refractivity contribution < 1.29 is 19.4 Å². The number of nitrogens with zero attached hydrogens (tertiary/aromatic N) is 2. The van der Waals surface area contributed by atoms with Gasteiger partial charge in [-0.1, -0.05) is 39.0 Å². The predicted octanol–water partition coefficient (Wildman–Crippen LogP) is 4.46. The van der Waals surface area contributed by atoms with E-state index in [1.54, 1.807) is 17.0 Å². The van der Waals surface area contributed by atoms with Gasteiger partial charge in [-0.25, -0.2) is 0 Å². The van der Waals surface area contributed by atoms with Gasteiger partial charge in [-0.3, -0.25) is 9.59 Å². The van der Waals surface area contributed by atoms with Crippen molar-refractivity contribution in [2.75, 3.05) is 32.8 Å². The van der Waals surface area contributed by atoms with Gasteiger partial charge in [0, 0.05) is 13.1 Å². The van der Waals surface area contributed by atoms with Crippen molar-refractivity contribution in [3.63, 3.8) is 0 Å². The number of rotatable bonds is 11. The molecular formula is C24H30N2O4S. The van der Waals surface area contributed by atoms with Crippen molar-refractivity contribution in [3.05, 3.63) is 63.6 Å². The Labute approximate surface area is 187 Å². The Morgan fingerprint density at radius 3 is 2.61 bits per heavy atom. The summed E-state index contributed by atoms with van der Waals surface area (Å²) >= 11 is 1.30. The Morgan fingerprint density at radius 2 is 1.97 bits per heavy atom. The molecule has 1 aromatic heterocycles. The van der Waals surface area contributed by atoms with Crippen LogP contribution in [0, 0.1) is 0 Å². The maximum absolute atomic E-state index is 13.3. The summed E-state index contributed by atoms with van der Waals surface area (Å²) in [6.45, 7) is 9.57. The fourth-order valence-electron chi connectivity index (χ4n) is 3.79. The number of thiophene rings is 1. The van der Waals surface area contributed by atoms with Gasteiger partial charge in [0.25, 0.3) is 5.91 Å². The maximum atomic E-state index is 13.3. The minimum atomic E-state index is -0.650. The zero-order chi connectivity index (χ0) is 22.4. The molecule has 2 aromatic rings. The van der Waals surface area contributed by atoms with Crippen LogP contribution in [0.4, 0.5) is 0 Å². The van der Waals surface area contributed by atoms with E-state index in [2.05, 4.69) is 18.7 Å². The number of aliphatic hydroxyl groups excluding tert-OH is 1. The lowest BCUT2D eigenvalue weighted by Crippen LogP contribution is -2.38. The van der Waals surface area contributed by atoms with Crippen molar-refractivity contribution >= 4 is 23.0 Å². The van der Waals surface area contributed by atoms with Gasteiger partial charge in [-0.2, -0.15) is 0 Å². The molecule has 1 aliphatic rings. The Morgan fingerprint density at radius 1 is 1.19 bits per heavy atom. The minimum absolute atomic E-state index is 0.139. The van der Waals surface area contributed by atoms with Gasteiger partial charge in [0.15, 0.2) is 5.76 Å². The van der Waals surface area contributed by atoms with Crippen molar-refractivity contribution in [1.82, 2.24) is 9.80 Å². The third kappa shape index (κ3) is 4.99. The van der Waals surface area contributed by atoms with Gasteiger partial charge in [-0.15, -0.1) is 11.3 Å². The molecule has 0 bridgehead atoms. The highest BCUT2D eigenvalue weighted by atomic mass is 32.1. The molecule has 2 heterocycles. The van der Waals surface area contributed by atoms with E-state index in [1.165, 1.54) is 11.3 Å². The zero-order valence-electron chi connectivity index (χ0n) is 18.3. The number of carbonyl (C=O) groups excluding carboxylic acids is 2. The second-order valence-corrected chi connectivity index (χ2v) is 8.37. The summed E-state index contributed by atoms with van der Waals surface area (Å²) in [6, 6.07) is 10.3. The van der Waals surface area contributed by atoms with Crippen LogP contribution in [0.25, 0.3) is 0 Å². The predicted molar refractivity (Wildman–Crippen MR) is 123 cm³/mol. The lowest BCUT2D eigenvalue weighted by Gasteiger charge is -2.29. The summed E-state index contributed by atoms with van der Waals surface area (Å²) in [4.78, 5) is 30.6. The van der Waals surface area contributed by atoms with Gasteiger partial charge < -0.3 is 19.6 Å². The molecule has 0 radical (unpaired) electrons. The molecule has 1 atom stereocenters. The van der Waals surface area contributed by atoms with E-state index < -0.39 is 17.7 Å².